The van der Waals surface area contributed by atoms with Gasteiger partial charge in [-0.25, -0.2) is 9.37 Å². The van der Waals surface area contributed by atoms with E-state index in [-0.39, 0.29) is 12.4 Å². The quantitative estimate of drug-likeness (QED) is 0.946. The topological polar surface area (TPSA) is 61.0 Å². The molecule has 1 heterocycles. The summed E-state index contributed by atoms with van der Waals surface area (Å²) in [6.07, 6.45) is 3.04. The Morgan fingerprint density at radius 3 is 2.76 bits per heavy atom. The fourth-order valence-electron chi connectivity index (χ4n) is 1.23. The summed E-state index contributed by atoms with van der Waals surface area (Å²) in [6, 6.07) is 4.33. The van der Waals surface area contributed by atoms with Crippen molar-refractivity contribution in [3.8, 4) is 11.6 Å². The molecule has 1 aromatic carbocycles. The molecule has 0 amide bonds. The van der Waals surface area contributed by atoms with Crippen molar-refractivity contribution in [2.75, 3.05) is 0 Å². The van der Waals surface area contributed by atoms with Gasteiger partial charge in [-0.2, -0.15) is 0 Å². The maximum absolute atomic E-state index is 13.0. The zero-order valence-electron chi connectivity index (χ0n) is 8.73. The molecule has 0 radical (unpaired) electrons. The summed E-state index contributed by atoms with van der Waals surface area (Å²) in [5, 5.41) is 0. The fourth-order valence-corrected chi connectivity index (χ4v) is 1.59. The zero-order chi connectivity index (χ0) is 12.3. The van der Waals surface area contributed by atoms with E-state index < -0.39 is 0 Å². The van der Waals surface area contributed by atoms with Crippen LogP contribution in [0.15, 0.2) is 35.1 Å². The summed E-state index contributed by atoms with van der Waals surface area (Å²) in [5.74, 6) is 0.442. The average molecular weight is 298 g/mol. The van der Waals surface area contributed by atoms with E-state index >= 15 is 0 Å². The van der Waals surface area contributed by atoms with Crippen molar-refractivity contribution >= 4 is 15.9 Å². The Morgan fingerprint density at radius 2 is 2.06 bits per heavy atom. The van der Waals surface area contributed by atoms with Gasteiger partial charge in [0.25, 0.3) is 0 Å². The van der Waals surface area contributed by atoms with E-state index in [0.29, 0.717) is 21.8 Å². The maximum Gasteiger partial charge on any atom is 0.242 e. The van der Waals surface area contributed by atoms with Crippen LogP contribution < -0.4 is 10.5 Å². The van der Waals surface area contributed by atoms with Gasteiger partial charge >= 0.3 is 0 Å². The molecule has 0 aliphatic carbocycles. The lowest BCUT2D eigenvalue weighted by Crippen LogP contribution is -2.03. The van der Waals surface area contributed by atoms with Crippen LogP contribution in [0.3, 0.4) is 0 Å². The molecule has 1 aromatic heterocycles. The molecule has 17 heavy (non-hydrogen) atoms. The molecule has 0 saturated heterocycles. The Hall–Kier alpha value is -1.53. The third kappa shape index (κ3) is 2.78. The smallest absolute Gasteiger partial charge is 0.242 e. The summed E-state index contributed by atoms with van der Waals surface area (Å²) in [6.45, 7) is 0.228. The highest BCUT2D eigenvalue weighted by atomic mass is 79.9. The molecule has 0 spiro atoms. The molecule has 0 bridgehead atoms. The molecule has 0 saturated carbocycles. The Balaban J connectivity index is 2.28. The number of hydrogen-bond acceptors (Lipinski definition) is 4. The number of rotatable bonds is 3. The average Bonchev–Trinajstić information content (AvgIpc) is 2.34. The van der Waals surface area contributed by atoms with Gasteiger partial charge in [-0.15, -0.1) is 0 Å². The first-order valence-corrected chi connectivity index (χ1v) is 5.63. The number of nitrogens with zero attached hydrogens (tertiary/aromatic N) is 2. The van der Waals surface area contributed by atoms with E-state index in [9.17, 15) is 4.39 Å². The van der Waals surface area contributed by atoms with Gasteiger partial charge in [0, 0.05) is 18.9 Å². The Kier molecular flexibility index (Phi) is 3.65. The third-order valence-electron chi connectivity index (χ3n) is 2.03. The summed E-state index contributed by atoms with van der Waals surface area (Å²) in [7, 11) is 0. The largest absolute Gasteiger partial charge is 0.437 e. The lowest BCUT2D eigenvalue weighted by atomic mass is 10.3. The zero-order valence-corrected chi connectivity index (χ0v) is 10.3. The molecule has 4 nitrogen and oxygen atoms in total. The van der Waals surface area contributed by atoms with Gasteiger partial charge in [0.15, 0.2) is 0 Å². The number of halogens is 2. The highest BCUT2D eigenvalue weighted by Crippen LogP contribution is 2.26. The van der Waals surface area contributed by atoms with E-state index in [0.717, 1.165) is 0 Å². The third-order valence-corrected chi connectivity index (χ3v) is 2.64. The van der Waals surface area contributed by atoms with Gasteiger partial charge in [-0.3, -0.25) is 4.98 Å². The van der Waals surface area contributed by atoms with Crippen LogP contribution >= 0.6 is 15.9 Å². The SMILES string of the molecule is NCc1nccnc1Oc1ccc(F)c(Br)c1. The van der Waals surface area contributed by atoms with Crippen molar-refractivity contribution in [1.29, 1.82) is 0 Å². The van der Waals surface area contributed by atoms with Crippen molar-refractivity contribution in [3.05, 3.63) is 46.6 Å². The predicted molar refractivity (Wildman–Crippen MR) is 64.1 cm³/mol. The minimum absolute atomic E-state index is 0.228. The highest BCUT2D eigenvalue weighted by Gasteiger charge is 2.07. The van der Waals surface area contributed by atoms with Gasteiger partial charge < -0.3 is 10.5 Å². The second-order valence-corrected chi connectivity index (χ2v) is 4.04. The van der Waals surface area contributed by atoms with Crippen molar-refractivity contribution in [2.45, 2.75) is 6.54 Å². The van der Waals surface area contributed by atoms with Crippen molar-refractivity contribution < 1.29 is 9.13 Å². The summed E-state index contributed by atoms with van der Waals surface area (Å²) in [5.41, 5.74) is 6.06. The van der Waals surface area contributed by atoms with Gasteiger partial charge in [-0.1, -0.05) is 0 Å². The number of aromatic nitrogens is 2. The highest BCUT2D eigenvalue weighted by molar-refractivity contribution is 9.10. The normalized spacial score (nSPS) is 10.3. The molecule has 0 aliphatic rings. The molecule has 0 unspecified atom stereocenters. The Bertz CT molecular complexity index is 536. The van der Waals surface area contributed by atoms with Crippen molar-refractivity contribution in [3.63, 3.8) is 0 Å². The van der Waals surface area contributed by atoms with Gasteiger partial charge in [-0.05, 0) is 34.1 Å². The van der Waals surface area contributed by atoms with E-state index in [1.54, 1.807) is 0 Å². The first-order valence-electron chi connectivity index (χ1n) is 4.83. The predicted octanol–water partition coefficient (Wildman–Crippen LogP) is 2.63. The van der Waals surface area contributed by atoms with Crippen LogP contribution in [0.5, 0.6) is 11.6 Å². The first-order chi connectivity index (χ1) is 8.20. The van der Waals surface area contributed by atoms with Crippen LogP contribution in [0.4, 0.5) is 4.39 Å². The maximum atomic E-state index is 13.0. The van der Waals surface area contributed by atoms with E-state index in [1.807, 2.05) is 0 Å². The fraction of sp³-hybridized carbons (Fsp3) is 0.0909. The number of benzene rings is 1. The molecule has 88 valence electrons. The van der Waals surface area contributed by atoms with E-state index in [1.165, 1.54) is 30.6 Å². The molecular weight excluding hydrogens is 289 g/mol. The van der Waals surface area contributed by atoms with E-state index in [4.69, 9.17) is 10.5 Å². The lowest BCUT2D eigenvalue weighted by molar-refractivity contribution is 0.450. The van der Waals surface area contributed by atoms with Gasteiger partial charge in [0.05, 0.1) is 4.47 Å². The van der Waals surface area contributed by atoms with Gasteiger partial charge in [0.1, 0.15) is 17.3 Å². The molecule has 0 aliphatic heterocycles. The Morgan fingerprint density at radius 1 is 1.29 bits per heavy atom. The second-order valence-electron chi connectivity index (χ2n) is 3.19. The van der Waals surface area contributed by atoms with Crippen LogP contribution in [0.25, 0.3) is 0 Å². The summed E-state index contributed by atoms with van der Waals surface area (Å²) >= 11 is 3.08. The second kappa shape index (κ2) is 5.20. The number of ether oxygens (including phenoxy) is 1. The molecule has 2 aromatic rings. The van der Waals surface area contributed by atoms with Crippen LogP contribution in [0.1, 0.15) is 5.69 Å². The van der Waals surface area contributed by atoms with Gasteiger partial charge in [0.2, 0.25) is 5.88 Å². The molecule has 2 rings (SSSR count). The van der Waals surface area contributed by atoms with Crippen molar-refractivity contribution in [2.24, 2.45) is 5.73 Å². The molecular formula is C11H9BrFN3O. The summed E-state index contributed by atoms with van der Waals surface area (Å²) in [4.78, 5) is 8.06. The minimum atomic E-state index is -0.351. The Labute approximate surface area is 106 Å². The van der Waals surface area contributed by atoms with Crippen LogP contribution in [0, 0.1) is 5.82 Å². The monoisotopic (exact) mass is 297 g/mol. The number of nitrogens with two attached hydrogens (primary N) is 1. The van der Waals surface area contributed by atoms with Crippen molar-refractivity contribution in [1.82, 2.24) is 9.97 Å². The van der Waals surface area contributed by atoms with Crippen LogP contribution in [0.2, 0.25) is 0 Å². The molecule has 2 N–H and O–H groups in total. The molecule has 6 heteroatoms. The van der Waals surface area contributed by atoms with Crippen LogP contribution in [-0.2, 0) is 6.54 Å². The molecule has 0 fully saturated rings. The standard InChI is InChI=1S/C11H9BrFN3O/c12-8-5-7(1-2-9(8)13)17-11-10(6-14)15-3-4-16-11/h1-5H,6,14H2. The minimum Gasteiger partial charge on any atom is -0.437 e. The molecule has 0 atom stereocenters. The van der Waals surface area contributed by atoms with E-state index in [2.05, 4.69) is 25.9 Å². The summed E-state index contributed by atoms with van der Waals surface area (Å²) < 4.78 is 18.8. The van der Waals surface area contributed by atoms with Crippen LogP contribution in [-0.4, -0.2) is 9.97 Å². The first kappa shape index (κ1) is 11.9. The lowest BCUT2D eigenvalue weighted by Gasteiger charge is -2.07. The number of hydrogen-bond donors (Lipinski definition) is 1.